The second kappa shape index (κ2) is 10.4. The van der Waals surface area contributed by atoms with Crippen LogP contribution in [0.4, 0.5) is 15.0 Å². The number of anilines is 1. The number of nitrogens with zero attached hydrogens (tertiary/aromatic N) is 3. The van der Waals surface area contributed by atoms with Crippen molar-refractivity contribution in [3.05, 3.63) is 28.1 Å². The Morgan fingerprint density at radius 1 is 1.41 bits per heavy atom. The van der Waals surface area contributed by atoms with Crippen LogP contribution in [0.2, 0.25) is 0 Å². The Bertz CT molecular complexity index is 1120. The Labute approximate surface area is 215 Å². The second-order valence-electron chi connectivity index (χ2n) is 10.9. The van der Waals surface area contributed by atoms with Crippen LogP contribution in [0.1, 0.15) is 60.3 Å². The Morgan fingerprint density at radius 2 is 2.08 bits per heavy atom. The number of hydrogen-bond donors (Lipinski definition) is 2. The molecule has 1 aliphatic carbocycles. The Morgan fingerprint density at radius 3 is 2.62 bits per heavy atom. The van der Waals surface area contributed by atoms with Crippen molar-refractivity contribution in [2.24, 2.45) is 11.3 Å². The summed E-state index contributed by atoms with van der Waals surface area (Å²) in [6.07, 6.45) is 3.49. The number of amides is 1. The number of nitrogen functional groups attached to an aromatic ring is 1. The minimum absolute atomic E-state index is 0.110. The van der Waals surface area contributed by atoms with Gasteiger partial charge in [-0.25, -0.2) is 18.8 Å². The first-order valence-corrected chi connectivity index (χ1v) is 12.3. The monoisotopic (exact) mass is 524 g/mol. The van der Waals surface area contributed by atoms with Gasteiger partial charge >= 0.3 is 17.8 Å². The van der Waals surface area contributed by atoms with Gasteiger partial charge in [-0.15, -0.1) is 0 Å². The number of nitrogens with two attached hydrogens (primary N) is 1. The summed E-state index contributed by atoms with van der Waals surface area (Å²) in [4.78, 5) is 43.3. The van der Waals surface area contributed by atoms with E-state index in [-0.39, 0.29) is 13.0 Å². The van der Waals surface area contributed by atoms with Crippen LogP contribution in [-0.4, -0.2) is 69.3 Å². The molecule has 1 amide bonds. The van der Waals surface area contributed by atoms with Crippen molar-refractivity contribution in [2.45, 2.75) is 77.7 Å². The zero-order valence-corrected chi connectivity index (χ0v) is 22.2. The van der Waals surface area contributed by atoms with Crippen molar-refractivity contribution in [3.8, 4) is 0 Å². The van der Waals surface area contributed by atoms with E-state index in [1.165, 1.54) is 13.2 Å². The third-order valence-corrected chi connectivity index (χ3v) is 6.95. The maximum Gasteiger partial charge on any atom is 0.411 e. The van der Waals surface area contributed by atoms with Gasteiger partial charge in [-0.1, -0.05) is 13.8 Å². The van der Waals surface area contributed by atoms with Gasteiger partial charge in [-0.05, 0) is 57.9 Å². The van der Waals surface area contributed by atoms with Crippen LogP contribution in [0.25, 0.3) is 6.20 Å². The quantitative estimate of drug-likeness (QED) is 0.524. The molecule has 2 heterocycles. The summed E-state index contributed by atoms with van der Waals surface area (Å²) in [5.74, 6) is -3.32. The summed E-state index contributed by atoms with van der Waals surface area (Å²) in [6, 6.07) is 0. The fraction of sp³-hybridized carbons (Fsp3) is 0.680. The van der Waals surface area contributed by atoms with E-state index in [2.05, 4.69) is 4.98 Å². The molecule has 2 aliphatic rings. The van der Waals surface area contributed by atoms with Gasteiger partial charge in [0.15, 0.2) is 23.5 Å². The summed E-state index contributed by atoms with van der Waals surface area (Å²) >= 11 is 0. The molecule has 3 atom stereocenters. The zero-order chi connectivity index (χ0) is 27.8. The molecule has 1 aliphatic heterocycles. The predicted octanol–water partition coefficient (Wildman–Crippen LogP) is 3.09. The van der Waals surface area contributed by atoms with Crippen molar-refractivity contribution in [3.63, 3.8) is 0 Å². The number of aromatic nitrogens is 2. The molecule has 0 spiro atoms. The van der Waals surface area contributed by atoms with Gasteiger partial charge in [-0.3, -0.25) is 9.47 Å². The van der Waals surface area contributed by atoms with Gasteiger partial charge in [-0.2, -0.15) is 4.98 Å². The third-order valence-electron chi connectivity index (χ3n) is 6.95. The van der Waals surface area contributed by atoms with Crippen LogP contribution in [0, 0.1) is 17.2 Å². The van der Waals surface area contributed by atoms with Crippen molar-refractivity contribution < 1.29 is 33.3 Å². The summed E-state index contributed by atoms with van der Waals surface area (Å²) in [5, 5.41) is 10.7. The molecule has 3 rings (SSSR count). The van der Waals surface area contributed by atoms with E-state index in [0.717, 1.165) is 28.5 Å². The summed E-state index contributed by atoms with van der Waals surface area (Å²) in [6.45, 7) is 8.87. The Kier molecular flexibility index (Phi) is 8.04. The van der Waals surface area contributed by atoms with Crippen LogP contribution in [0.5, 0.6) is 0 Å². The van der Waals surface area contributed by atoms with Crippen LogP contribution < -0.4 is 11.4 Å². The van der Waals surface area contributed by atoms with E-state index in [9.17, 15) is 23.9 Å². The Hall–Kier alpha value is -2.99. The van der Waals surface area contributed by atoms with E-state index >= 15 is 0 Å². The number of hydrogen-bond acceptors (Lipinski definition) is 8. The Balaban J connectivity index is 2.13. The molecule has 1 aromatic rings. The first-order valence-electron chi connectivity index (χ1n) is 12.3. The number of carbonyl (C=O) groups is 2. The fourth-order valence-electron chi connectivity index (χ4n) is 5.21. The molecular weight excluding hydrogens is 487 g/mol. The van der Waals surface area contributed by atoms with Crippen molar-refractivity contribution in [1.29, 1.82) is 0 Å². The molecule has 1 unspecified atom stereocenters. The highest BCUT2D eigenvalue weighted by molar-refractivity contribution is 5.88. The van der Waals surface area contributed by atoms with Crippen molar-refractivity contribution in [2.75, 3.05) is 26.0 Å². The molecule has 1 aromatic heterocycles. The van der Waals surface area contributed by atoms with Crippen molar-refractivity contribution >= 4 is 24.1 Å². The lowest BCUT2D eigenvalue weighted by Crippen LogP contribution is -2.66. The number of likely N-dealkylation sites (N-methyl/N-ethyl adjacent to an activating group) is 1. The van der Waals surface area contributed by atoms with Gasteiger partial charge in [0.05, 0.1) is 18.2 Å². The molecule has 0 aromatic carbocycles. The lowest BCUT2D eigenvalue weighted by Gasteiger charge is -2.47. The number of halogens is 1. The average Bonchev–Trinajstić information content (AvgIpc) is 3.48. The number of rotatable bonds is 8. The maximum atomic E-state index is 14.1. The summed E-state index contributed by atoms with van der Waals surface area (Å²) in [5.41, 5.74) is 1.08. The predicted molar refractivity (Wildman–Crippen MR) is 133 cm³/mol. The summed E-state index contributed by atoms with van der Waals surface area (Å²) < 4.78 is 32.3. The topological polar surface area (TPSA) is 146 Å². The third kappa shape index (κ3) is 5.49. The van der Waals surface area contributed by atoms with Crippen LogP contribution in [0.15, 0.2) is 16.6 Å². The van der Waals surface area contributed by atoms with Crippen LogP contribution >= 0.6 is 0 Å². The second-order valence-corrected chi connectivity index (χ2v) is 10.9. The highest BCUT2D eigenvalue weighted by atomic mass is 19.1. The zero-order valence-electron chi connectivity index (χ0n) is 22.2. The molecule has 206 valence electrons. The highest BCUT2D eigenvalue weighted by Crippen LogP contribution is 2.64. The molecule has 1 saturated carbocycles. The molecule has 0 bridgehead atoms. The molecule has 11 nitrogen and oxygen atoms in total. The molecular formula is C25H37FN4O7. The largest absolute Gasteiger partial charge is 0.479 e. The number of ether oxygens (including phenoxy) is 3. The SMILES string of the molecule is CC(C)[C@@](C(=O)O)(N(C)C(=O)OC(C)(C)C)[C@@]1(COC2CCCCO2)C/C1=C/n1cc(F)c(N)nc1=O. The van der Waals surface area contributed by atoms with Gasteiger partial charge in [0.25, 0.3) is 0 Å². The van der Waals surface area contributed by atoms with E-state index in [1.54, 1.807) is 34.6 Å². The minimum atomic E-state index is -1.83. The first kappa shape index (κ1) is 28.6. The lowest BCUT2D eigenvalue weighted by molar-refractivity contribution is -0.189. The molecule has 1 saturated heterocycles. The number of carbonyl (C=O) groups excluding carboxylic acids is 1. The van der Waals surface area contributed by atoms with Gasteiger partial charge in [0, 0.05) is 19.9 Å². The minimum Gasteiger partial charge on any atom is -0.479 e. The van der Waals surface area contributed by atoms with Gasteiger partial charge < -0.3 is 25.1 Å². The summed E-state index contributed by atoms with van der Waals surface area (Å²) in [7, 11) is 1.38. The number of carboxylic acid groups (broad SMARTS) is 1. The average molecular weight is 525 g/mol. The molecule has 37 heavy (non-hydrogen) atoms. The van der Waals surface area contributed by atoms with E-state index in [4.69, 9.17) is 19.9 Å². The number of aliphatic carboxylic acids is 1. The molecule has 3 N–H and O–H groups in total. The fourth-order valence-corrected chi connectivity index (χ4v) is 5.21. The highest BCUT2D eigenvalue weighted by Gasteiger charge is 2.72. The van der Waals surface area contributed by atoms with Crippen LogP contribution in [0.3, 0.4) is 0 Å². The standard InChI is InChI=1S/C25H37FN4O7/c1-15(2)25(20(31)32,29(6)22(34)37-23(3,4)5)24(14-36-18-9-7-8-10-35-18)11-16(24)12-30-13-17(26)19(27)28-21(30)33/h12-13,15,18H,7-11,14H2,1-6H3,(H,31,32)(H2,27,28,33)/b16-12-/t18?,24-,25+/m1/s1. The normalized spacial score (nSPS) is 24.5. The van der Waals surface area contributed by atoms with Crippen LogP contribution in [-0.2, 0) is 19.0 Å². The van der Waals surface area contributed by atoms with Gasteiger partial charge in [0.2, 0.25) is 0 Å². The van der Waals surface area contributed by atoms with E-state index in [0.29, 0.717) is 18.6 Å². The molecule has 0 radical (unpaired) electrons. The first-order chi connectivity index (χ1) is 17.2. The van der Waals surface area contributed by atoms with Gasteiger partial charge in [0.1, 0.15) is 5.60 Å². The molecule has 12 heteroatoms. The van der Waals surface area contributed by atoms with Crippen molar-refractivity contribution in [1.82, 2.24) is 14.5 Å². The van der Waals surface area contributed by atoms with E-state index < -0.39 is 58.2 Å². The number of carboxylic acids is 1. The lowest BCUT2D eigenvalue weighted by atomic mass is 9.71. The molecule has 2 fully saturated rings. The smallest absolute Gasteiger partial charge is 0.411 e. The maximum absolute atomic E-state index is 14.1. The van der Waals surface area contributed by atoms with E-state index in [1.807, 2.05) is 0 Å².